The molecule has 1 N–H and O–H groups in total. The molecule has 1 atom stereocenters. The summed E-state index contributed by atoms with van der Waals surface area (Å²) in [5, 5.41) is 11.0. The van der Waals surface area contributed by atoms with E-state index in [1.54, 1.807) is 22.7 Å². The van der Waals surface area contributed by atoms with Crippen LogP contribution in [0.5, 0.6) is 0 Å². The molecule has 5 heteroatoms. The van der Waals surface area contributed by atoms with E-state index in [1.165, 1.54) is 43.5 Å². The third-order valence-corrected chi connectivity index (χ3v) is 5.79. The molecular weight excluding hydrogens is 298 g/mol. The Morgan fingerprint density at radius 3 is 3.14 bits per heavy atom. The maximum atomic E-state index is 4.83. The lowest BCUT2D eigenvalue weighted by Gasteiger charge is -2.35. The fourth-order valence-electron chi connectivity index (χ4n) is 3.01. The quantitative estimate of drug-likeness (QED) is 0.876. The second kappa shape index (κ2) is 7.49. The fourth-order valence-corrected chi connectivity index (χ4v) is 4.54. The highest BCUT2D eigenvalue weighted by Crippen LogP contribution is 2.27. The van der Waals surface area contributed by atoms with Gasteiger partial charge in [-0.05, 0) is 50.8 Å². The van der Waals surface area contributed by atoms with Crippen LogP contribution in [-0.2, 0) is 6.54 Å². The minimum absolute atomic E-state index is 0.720. The van der Waals surface area contributed by atoms with Crippen LogP contribution in [0.3, 0.4) is 0 Å². The van der Waals surface area contributed by atoms with Gasteiger partial charge in [0, 0.05) is 28.9 Å². The zero-order valence-electron chi connectivity index (χ0n) is 12.5. The maximum absolute atomic E-state index is 4.83. The summed E-state index contributed by atoms with van der Waals surface area (Å²) in [4.78, 5) is 7.46. The van der Waals surface area contributed by atoms with E-state index in [-0.39, 0.29) is 0 Å². The van der Waals surface area contributed by atoms with Crippen LogP contribution in [0.2, 0.25) is 0 Å². The van der Waals surface area contributed by atoms with E-state index in [0.717, 1.165) is 24.1 Å². The van der Waals surface area contributed by atoms with Crippen molar-refractivity contribution >= 4 is 22.7 Å². The van der Waals surface area contributed by atoms with Gasteiger partial charge in [-0.2, -0.15) is 11.3 Å². The molecule has 0 saturated carbocycles. The number of piperidine rings is 1. The molecule has 114 valence electrons. The number of likely N-dealkylation sites (tertiary alicyclic amines) is 1. The first-order valence-electron chi connectivity index (χ1n) is 7.72. The number of hydrogen-bond donors (Lipinski definition) is 1. The average Bonchev–Trinajstić information content (AvgIpc) is 3.17. The summed E-state index contributed by atoms with van der Waals surface area (Å²) in [6, 6.07) is 2.88. The monoisotopic (exact) mass is 321 g/mol. The number of hydrogen-bond acceptors (Lipinski definition) is 5. The lowest BCUT2D eigenvalue weighted by molar-refractivity contribution is 0.131. The molecule has 2 aromatic rings. The Balaban J connectivity index is 1.64. The highest BCUT2D eigenvalue weighted by Gasteiger charge is 2.22. The van der Waals surface area contributed by atoms with Crippen molar-refractivity contribution in [3.8, 4) is 10.6 Å². The zero-order chi connectivity index (χ0) is 14.5. The average molecular weight is 322 g/mol. The van der Waals surface area contributed by atoms with Crippen molar-refractivity contribution in [1.29, 1.82) is 0 Å². The number of thiazole rings is 1. The molecule has 0 aromatic carbocycles. The zero-order valence-corrected chi connectivity index (χ0v) is 14.2. The van der Waals surface area contributed by atoms with Crippen molar-refractivity contribution in [2.45, 2.75) is 38.3 Å². The van der Waals surface area contributed by atoms with E-state index in [2.05, 4.69) is 32.4 Å². The van der Waals surface area contributed by atoms with Crippen LogP contribution in [-0.4, -0.2) is 36.1 Å². The topological polar surface area (TPSA) is 28.2 Å². The predicted octanol–water partition coefficient (Wildman–Crippen LogP) is 3.84. The van der Waals surface area contributed by atoms with Crippen LogP contribution < -0.4 is 5.32 Å². The summed E-state index contributed by atoms with van der Waals surface area (Å²) in [6.07, 6.45) is 5.29. The van der Waals surface area contributed by atoms with Gasteiger partial charge in [-0.25, -0.2) is 4.98 Å². The summed E-state index contributed by atoms with van der Waals surface area (Å²) in [7, 11) is 2.04. The van der Waals surface area contributed by atoms with Crippen molar-refractivity contribution in [1.82, 2.24) is 15.2 Å². The Morgan fingerprint density at radius 2 is 2.33 bits per heavy atom. The van der Waals surface area contributed by atoms with Crippen LogP contribution in [0.1, 0.15) is 31.4 Å². The first-order valence-corrected chi connectivity index (χ1v) is 9.54. The number of thiophene rings is 1. The van der Waals surface area contributed by atoms with Gasteiger partial charge in [0.15, 0.2) is 0 Å². The molecule has 1 saturated heterocycles. The van der Waals surface area contributed by atoms with Gasteiger partial charge in [0.2, 0.25) is 0 Å². The van der Waals surface area contributed by atoms with Crippen molar-refractivity contribution in [3.63, 3.8) is 0 Å². The molecule has 0 radical (unpaired) electrons. The molecule has 3 nitrogen and oxygen atoms in total. The van der Waals surface area contributed by atoms with Gasteiger partial charge in [0.25, 0.3) is 0 Å². The molecule has 1 fully saturated rings. The summed E-state index contributed by atoms with van der Waals surface area (Å²) in [5.41, 5.74) is 2.50. The first kappa shape index (κ1) is 15.2. The van der Waals surface area contributed by atoms with Crippen LogP contribution in [0.4, 0.5) is 0 Å². The Morgan fingerprint density at radius 1 is 1.38 bits per heavy atom. The molecule has 1 aliphatic heterocycles. The van der Waals surface area contributed by atoms with E-state index in [1.807, 2.05) is 7.05 Å². The second-order valence-electron chi connectivity index (χ2n) is 5.67. The van der Waals surface area contributed by atoms with E-state index in [0.29, 0.717) is 0 Å². The van der Waals surface area contributed by atoms with Crippen LogP contribution in [0.15, 0.2) is 22.2 Å². The molecule has 1 unspecified atom stereocenters. The molecule has 3 heterocycles. The molecule has 3 rings (SSSR count). The molecule has 0 aliphatic carbocycles. The molecular formula is C16H23N3S2. The molecule has 0 spiro atoms. The summed E-state index contributed by atoms with van der Waals surface area (Å²) < 4.78 is 0. The normalized spacial score (nSPS) is 20.0. The second-order valence-corrected chi connectivity index (χ2v) is 7.31. The van der Waals surface area contributed by atoms with Gasteiger partial charge in [-0.3, -0.25) is 4.90 Å². The largest absolute Gasteiger partial charge is 0.320 e. The maximum Gasteiger partial charge on any atom is 0.124 e. The van der Waals surface area contributed by atoms with Crippen molar-refractivity contribution in [2.75, 3.05) is 20.1 Å². The summed E-state index contributed by atoms with van der Waals surface area (Å²) in [5.74, 6) is 0. The third kappa shape index (κ3) is 3.92. The van der Waals surface area contributed by atoms with Crippen molar-refractivity contribution in [3.05, 3.63) is 27.9 Å². The predicted molar refractivity (Wildman–Crippen MR) is 92.0 cm³/mol. The number of nitrogens with one attached hydrogen (secondary N) is 1. The van der Waals surface area contributed by atoms with Gasteiger partial charge in [-0.1, -0.05) is 6.42 Å². The number of rotatable bonds is 6. The third-order valence-electron chi connectivity index (χ3n) is 4.16. The Bertz CT molecular complexity index is 535. The number of nitrogens with zero attached hydrogens (tertiary/aromatic N) is 2. The SMILES string of the molecule is CNCCC1CCCCN1Cc1csc(-c2ccsc2)n1. The first-order chi connectivity index (χ1) is 10.4. The van der Waals surface area contributed by atoms with Crippen LogP contribution in [0.25, 0.3) is 10.6 Å². The minimum atomic E-state index is 0.720. The van der Waals surface area contributed by atoms with E-state index >= 15 is 0 Å². The smallest absolute Gasteiger partial charge is 0.124 e. The van der Waals surface area contributed by atoms with Crippen molar-refractivity contribution in [2.24, 2.45) is 0 Å². The molecule has 0 amide bonds. The van der Waals surface area contributed by atoms with Gasteiger partial charge in [0.05, 0.1) is 5.69 Å². The fraction of sp³-hybridized carbons (Fsp3) is 0.562. The van der Waals surface area contributed by atoms with Crippen molar-refractivity contribution < 1.29 is 0 Å². The molecule has 1 aliphatic rings. The van der Waals surface area contributed by atoms with Crippen LogP contribution in [0, 0.1) is 0 Å². The Labute approximate surface area is 135 Å². The van der Waals surface area contributed by atoms with Gasteiger partial charge < -0.3 is 5.32 Å². The Kier molecular flexibility index (Phi) is 5.41. The summed E-state index contributed by atoms with van der Waals surface area (Å²) in [6.45, 7) is 3.34. The van der Waals surface area contributed by atoms with Gasteiger partial charge in [-0.15, -0.1) is 11.3 Å². The van der Waals surface area contributed by atoms with Gasteiger partial charge in [0.1, 0.15) is 5.01 Å². The van der Waals surface area contributed by atoms with E-state index in [9.17, 15) is 0 Å². The number of aromatic nitrogens is 1. The highest BCUT2D eigenvalue weighted by atomic mass is 32.1. The van der Waals surface area contributed by atoms with E-state index < -0.39 is 0 Å². The standard InChI is InChI=1S/C16H23N3S2/c1-17-7-5-15-4-2-3-8-19(15)10-14-12-21-16(18-14)13-6-9-20-11-13/h6,9,11-12,15,17H,2-5,7-8,10H2,1H3. The lowest BCUT2D eigenvalue weighted by Crippen LogP contribution is -2.40. The van der Waals surface area contributed by atoms with Gasteiger partial charge >= 0.3 is 0 Å². The Hall–Kier alpha value is -0.750. The molecule has 2 aromatic heterocycles. The molecule has 0 bridgehead atoms. The van der Waals surface area contributed by atoms with Crippen LogP contribution >= 0.6 is 22.7 Å². The molecule has 21 heavy (non-hydrogen) atoms. The lowest BCUT2D eigenvalue weighted by atomic mass is 9.99. The minimum Gasteiger partial charge on any atom is -0.320 e. The highest BCUT2D eigenvalue weighted by molar-refractivity contribution is 7.14. The summed E-state index contributed by atoms with van der Waals surface area (Å²) >= 11 is 3.51. The van der Waals surface area contributed by atoms with E-state index in [4.69, 9.17) is 4.98 Å².